The third kappa shape index (κ3) is 5.96. The number of alkyl halides is 39. The van der Waals surface area contributed by atoms with Crippen LogP contribution in [0.1, 0.15) is 0 Å². The Balaban J connectivity index is 7.89. The molecule has 0 heterocycles. The first-order valence-corrected chi connectivity index (χ1v) is 12.0. The lowest BCUT2D eigenvalue weighted by molar-refractivity contribution is -0.494. The summed E-state index contributed by atoms with van der Waals surface area (Å²) in [4.78, 5) is 0. The van der Waals surface area contributed by atoms with Gasteiger partial charge in [-0.3, -0.25) is 0 Å². The van der Waals surface area contributed by atoms with Crippen molar-refractivity contribution in [2.45, 2.75) is 113 Å². The van der Waals surface area contributed by atoms with Crippen molar-refractivity contribution in [3.63, 3.8) is 0 Å². The van der Waals surface area contributed by atoms with E-state index in [1.165, 1.54) is 0 Å². The second-order valence-electron chi connectivity index (χ2n) is 10.6. The third-order valence-corrected chi connectivity index (χ3v) is 6.96. The van der Waals surface area contributed by atoms with Gasteiger partial charge >= 0.3 is 113 Å². The molecule has 0 radical (unpaired) electrons. The van der Waals surface area contributed by atoms with E-state index in [2.05, 4.69) is 0 Å². The van der Waals surface area contributed by atoms with Crippen LogP contribution in [-0.4, -0.2) is 113 Å². The first-order chi connectivity index (χ1) is 24.2. The Kier molecular flexibility index (Phi) is 12.5. The molecule has 0 aromatic rings. The molecule has 39 heteroatoms. The largest absolute Gasteiger partial charge is 0.460 e. The highest BCUT2D eigenvalue weighted by molar-refractivity contribution is 5.23. The zero-order valence-electron chi connectivity index (χ0n) is 24.3. The SMILES string of the molecule is FC(F)C(F)(F)C(F)(F)C(F)(F)C(F)(F)C(F)(F)C(F)(F)C(F)(F)C(F)(F)C(F)(F)C(F)(F)C(F)(F)C(F)(F)C(F)(F)C(F)(F)C(F)(F)C(F)(F)C(F)(F)C(F)(F)F. The van der Waals surface area contributed by atoms with Gasteiger partial charge in [0.05, 0.1) is 0 Å². The zero-order valence-corrected chi connectivity index (χ0v) is 24.3. The molecule has 0 bridgehead atoms. The van der Waals surface area contributed by atoms with Crippen LogP contribution in [0.4, 0.5) is 171 Å². The molecular weight excluding hydrogens is 969 g/mol. The molecule has 0 aliphatic rings. The molecule has 0 aliphatic heterocycles. The molecule has 350 valence electrons. The lowest BCUT2D eigenvalue weighted by Gasteiger charge is -2.47. The van der Waals surface area contributed by atoms with Gasteiger partial charge in [0.25, 0.3) is 0 Å². The molecule has 0 nitrogen and oxygen atoms in total. The maximum absolute atomic E-state index is 13.8. The molecular formula is C19HF39. The topological polar surface area (TPSA) is 0 Å². The first-order valence-electron chi connectivity index (χ1n) is 12.0. The summed E-state index contributed by atoms with van der Waals surface area (Å²) in [5.41, 5.74) is 0. The zero-order chi connectivity index (χ0) is 48.6. The van der Waals surface area contributed by atoms with E-state index < -0.39 is 113 Å². The van der Waals surface area contributed by atoms with Gasteiger partial charge < -0.3 is 0 Å². The van der Waals surface area contributed by atoms with Crippen molar-refractivity contribution in [2.75, 3.05) is 0 Å². The second-order valence-corrected chi connectivity index (χ2v) is 10.6. The lowest BCUT2D eigenvalue weighted by atomic mass is 9.82. The highest BCUT2D eigenvalue weighted by atomic mass is 19.4. The van der Waals surface area contributed by atoms with E-state index in [-0.39, 0.29) is 0 Å². The van der Waals surface area contributed by atoms with E-state index >= 15 is 0 Å². The standard InChI is InChI=1S/C19HF39/c20-1(21)2(22,23)3(24,25)4(26,27)5(28,29)6(30,31)7(32,33)8(34,35)9(36,37)10(38,39)11(40,41)12(42,43)13(44,45)14(46,47)15(48,49)16(50,51)17(52,53)18(54,55)19(56,57)58/h1H. The average molecular weight is 970 g/mol. The molecule has 0 amide bonds. The van der Waals surface area contributed by atoms with Crippen molar-refractivity contribution < 1.29 is 171 Å². The summed E-state index contributed by atoms with van der Waals surface area (Å²) in [7, 11) is 0. The van der Waals surface area contributed by atoms with Crippen molar-refractivity contribution in [1.29, 1.82) is 0 Å². The van der Waals surface area contributed by atoms with Crippen LogP contribution in [-0.2, 0) is 0 Å². The predicted molar refractivity (Wildman–Crippen MR) is 96.2 cm³/mol. The van der Waals surface area contributed by atoms with E-state index in [1.54, 1.807) is 0 Å². The van der Waals surface area contributed by atoms with Gasteiger partial charge in [-0.2, -0.15) is 162 Å². The van der Waals surface area contributed by atoms with Crippen LogP contribution in [0.2, 0.25) is 0 Å². The molecule has 0 unspecified atom stereocenters. The minimum atomic E-state index is -10.5. The van der Waals surface area contributed by atoms with Gasteiger partial charge in [-0.15, -0.1) is 0 Å². The minimum Gasteiger partial charge on any atom is -0.203 e. The van der Waals surface area contributed by atoms with Gasteiger partial charge in [0.1, 0.15) is 0 Å². The van der Waals surface area contributed by atoms with E-state index in [4.69, 9.17) is 0 Å². The van der Waals surface area contributed by atoms with Gasteiger partial charge in [0.2, 0.25) is 0 Å². The number of hydrogen-bond donors (Lipinski definition) is 0. The van der Waals surface area contributed by atoms with Crippen LogP contribution < -0.4 is 0 Å². The van der Waals surface area contributed by atoms with Crippen LogP contribution in [0, 0.1) is 0 Å². The van der Waals surface area contributed by atoms with Crippen LogP contribution in [0.25, 0.3) is 0 Å². The number of halogens is 39. The van der Waals surface area contributed by atoms with Crippen molar-refractivity contribution in [2.24, 2.45) is 0 Å². The van der Waals surface area contributed by atoms with Crippen molar-refractivity contribution in [1.82, 2.24) is 0 Å². The molecule has 0 saturated carbocycles. The van der Waals surface area contributed by atoms with E-state index in [1.807, 2.05) is 0 Å². The van der Waals surface area contributed by atoms with Gasteiger partial charge in [0.15, 0.2) is 0 Å². The molecule has 0 aromatic heterocycles. The van der Waals surface area contributed by atoms with Crippen LogP contribution >= 0.6 is 0 Å². The van der Waals surface area contributed by atoms with Crippen LogP contribution in [0.5, 0.6) is 0 Å². The molecule has 0 saturated heterocycles. The Hall–Kier alpha value is -2.73. The van der Waals surface area contributed by atoms with Crippen molar-refractivity contribution >= 4 is 0 Å². The van der Waals surface area contributed by atoms with Gasteiger partial charge in [0, 0.05) is 0 Å². The fourth-order valence-electron chi connectivity index (χ4n) is 3.28. The summed E-state index contributed by atoms with van der Waals surface area (Å²) in [6.45, 7) is 0. The molecule has 0 atom stereocenters. The van der Waals surface area contributed by atoms with Crippen molar-refractivity contribution in [3.8, 4) is 0 Å². The fraction of sp³-hybridized carbons (Fsp3) is 1.00. The Bertz CT molecular complexity index is 1480. The molecule has 0 fully saturated rings. The Morgan fingerprint density at radius 1 is 0.155 bits per heavy atom. The second kappa shape index (κ2) is 13.1. The number of hydrogen-bond acceptors (Lipinski definition) is 0. The minimum absolute atomic E-state index is 6.58. The molecule has 0 aliphatic carbocycles. The van der Waals surface area contributed by atoms with Gasteiger partial charge in [-0.1, -0.05) is 0 Å². The summed E-state index contributed by atoms with van der Waals surface area (Å²) in [6, 6.07) is 0. The van der Waals surface area contributed by atoms with E-state index in [9.17, 15) is 171 Å². The average Bonchev–Trinajstić information content (AvgIpc) is 2.98. The van der Waals surface area contributed by atoms with Gasteiger partial charge in [-0.25, -0.2) is 8.78 Å². The fourth-order valence-corrected chi connectivity index (χ4v) is 3.28. The van der Waals surface area contributed by atoms with Crippen LogP contribution in [0.3, 0.4) is 0 Å². The monoisotopic (exact) mass is 970 g/mol. The molecule has 0 aromatic carbocycles. The summed E-state index contributed by atoms with van der Waals surface area (Å²) in [5, 5.41) is 0. The van der Waals surface area contributed by atoms with Gasteiger partial charge in [-0.05, 0) is 0 Å². The molecule has 0 rings (SSSR count). The highest BCUT2D eigenvalue weighted by Crippen LogP contribution is 2.70. The predicted octanol–water partition coefficient (Wildman–Crippen LogP) is 12.6. The summed E-state index contributed by atoms with van der Waals surface area (Å²) >= 11 is 0. The Morgan fingerprint density at radius 3 is 0.362 bits per heavy atom. The lowest BCUT2D eigenvalue weighted by Crippen LogP contribution is -2.80. The molecule has 0 N–H and O–H groups in total. The summed E-state index contributed by atoms with van der Waals surface area (Å²) in [6.07, 6.45) is -15.1. The maximum Gasteiger partial charge on any atom is 0.460 e. The van der Waals surface area contributed by atoms with E-state index in [0.717, 1.165) is 0 Å². The Labute approximate surface area is 286 Å². The number of rotatable bonds is 17. The smallest absolute Gasteiger partial charge is 0.203 e. The third-order valence-electron chi connectivity index (χ3n) is 6.96. The van der Waals surface area contributed by atoms with Crippen LogP contribution in [0.15, 0.2) is 0 Å². The maximum atomic E-state index is 13.8. The summed E-state index contributed by atoms with van der Waals surface area (Å²) in [5.74, 6) is -169. The molecule has 0 spiro atoms. The Morgan fingerprint density at radius 2 is 0.259 bits per heavy atom. The molecule has 58 heavy (non-hydrogen) atoms. The first kappa shape index (κ1) is 55.3. The van der Waals surface area contributed by atoms with E-state index in [0.29, 0.717) is 0 Å². The van der Waals surface area contributed by atoms with Crippen molar-refractivity contribution in [3.05, 3.63) is 0 Å². The summed E-state index contributed by atoms with van der Waals surface area (Å²) < 4.78 is 520. The quantitative estimate of drug-likeness (QED) is 0.127. The highest BCUT2D eigenvalue weighted by Gasteiger charge is 3.02. The normalized spacial score (nSPS) is 17.4.